The summed E-state index contributed by atoms with van der Waals surface area (Å²) in [5.74, 6) is 0.215. The molecule has 0 fully saturated rings. The average molecular weight is 408 g/mol. The van der Waals surface area contributed by atoms with Crippen LogP contribution in [0.2, 0.25) is 0 Å². The quantitative estimate of drug-likeness (QED) is 0.370. The van der Waals surface area contributed by atoms with Gasteiger partial charge in [-0.3, -0.25) is 4.79 Å². The van der Waals surface area contributed by atoms with E-state index >= 15 is 0 Å². The lowest BCUT2D eigenvalue weighted by Gasteiger charge is -2.24. The van der Waals surface area contributed by atoms with E-state index in [0.717, 1.165) is 22.3 Å². The molecule has 3 N–H and O–H groups in total. The molecule has 1 aliphatic heterocycles. The van der Waals surface area contributed by atoms with Crippen LogP contribution in [0.3, 0.4) is 0 Å². The molecule has 1 atom stereocenters. The van der Waals surface area contributed by atoms with Crippen molar-refractivity contribution in [2.24, 2.45) is 0 Å². The molecule has 1 heterocycles. The highest BCUT2D eigenvalue weighted by atomic mass is 16.5. The molecule has 0 bridgehead atoms. The van der Waals surface area contributed by atoms with Crippen molar-refractivity contribution in [2.45, 2.75) is 52.2 Å². The Morgan fingerprint density at radius 3 is 2.57 bits per heavy atom. The van der Waals surface area contributed by atoms with Crippen molar-refractivity contribution in [2.75, 3.05) is 0 Å². The van der Waals surface area contributed by atoms with Crippen LogP contribution in [0.15, 0.2) is 48.1 Å². The van der Waals surface area contributed by atoms with Gasteiger partial charge in [-0.25, -0.2) is 0 Å². The Labute approximate surface area is 177 Å². The number of rotatable bonds is 6. The van der Waals surface area contributed by atoms with E-state index in [-0.39, 0.29) is 22.8 Å². The lowest BCUT2D eigenvalue weighted by Crippen LogP contribution is -2.39. The molecule has 0 saturated carbocycles. The molecule has 2 aromatic carbocycles. The molecule has 30 heavy (non-hydrogen) atoms. The molecule has 0 amide bonds. The first-order valence-electron chi connectivity index (χ1n) is 9.97. The monoisotopic (exact) mass is 408 g/mol. The summed E-state index contributed by atoms with van der Waals surface area (Å²) in [7, 11) is 0. The zero-order chi connectivity index (χ0) is 22.1. The number of ether oxygens (including phenoxy) is 1. The smallest absolute Gasteiger partial charge is 0.189 e. The molecule has 1 aliphatic rings. The van der Waals surface area contributed by atoms with Crippen LogP contribution in [0.1, 0.15) is 54.7 Å². The summed E-state index contributed by atoms with van der Waals surface area (Å²) >= 11 is 0. The van der Waals surface area contributed by atoms with Gasteiger partial charge >= 0.3 is 0 Å². The summed E-state index contributed by atoms with van der Waals surface area (Å²) < 4.78 is 5.71. The van der Waals surface area contributed by atoms with Gasteiger partial charge in [0, 0.05) is 12.5 Å². The number of phenolic OH excluding ortho intramolecular Hbond substituents is 2. The zero-order valence-corrected chi connectivity index (χ0v) is 17.8. The molecule has 0 aliphatic carbocycles. The minimum absolute atomic E-state index is 0.158. The third-order valence-corrected chi connectivity index (χ3v) is 5.17. The predicted octanol–water partition coefficient (Wildman–Crippen LogP) is 4.58. The van der Waals surface area contributed by atoms with Gasteiger partial charge in [0.05, 0.1) is 11.2 Å². The van der Waals surface area contributed by atoms with Crippen LogP contribution in [0.5, 0.6) is 17.2 Å². The zero-order valence-electron chi connectivity index (χ0n) is 17.8. The van der Waals surface area contributed by atoms with Crippen molar-refractivity contribution in [1.82, 2.24) is 0 Å². The Kier molecular flexibility index (Phi) is 6.04. The van der Waals surface area contributed by atoms with Crippen molar-refractivity contribution in [3.63, 3.8) is 0 Å². The molecule has 0 saturated heterocycles. The Hall–Kier alpha value is -3.05. The number of hydrogen-bond donors (Lipinski definition) is 3. The average Bonchev–Trinajstić information content (AvgIpc) is 3.08. The van der Waals surface area contributed by atoms with Crippen LogP contribution in [-0.4, -0.2) is 32.8 Å². The summed E-state index contributed by atoms with van der Waals surface area (Å²) in [6.45, 7) is 7.33. The number of aromatic hydroxyl groups is 2. The number of benzene rings is 2. The fourth-order valence-electron chi connectivity index (χ4n) is 3.32. The maximum atomic E-state index is 12.7. The molecule has 5 heteroatoms. The molecule has 0 unspecified atom stereocenters. The highest BCUT2D eigenvalue weighted by Crippen LogP contribution is 2.37. The lowest BCUT2D eigenvalue weighted by molar-refractivity contribution is -0.0230. The summed E-state index contributed by atoms with van der Waals surface area (Å²) in [5.41, 5.74) is 2.67. The second-order valence-corrected chi connectivity index (χ2v) is 8.51. The number of carbonyl (C=O) groups is 1. The first-order valence-corrected chi connectivity index (χ1v) is 9.97. The van der Waals surface area contributed by atoms with E-state index in [1.54, 1.807) is 38.1 Å². The molecule has 0 aromatic heterocycles. The van der Waals surface area contributed by atoms with Crippen molar-refractivity contribution >= 4 is 11.9 Å². The van der Waals surface area contributed by atoms with Crippen LogP contribution in [0, 0.1) is 0 Å². The second-order valence-electron chi connectivity index (χ2n) is 8.51. The Morgan fingerprint density at radius 2 is 1.90 bits per heavy atom. The minimum Gasteiger partial charge on any atom is -0.508 e. The number of aliphatic hydroxyl groups is 1. The van der Waals surface area contributed by atoms with Gasteiger partial charge in [0.2, 0.25) is 0 Å². The van der Waals surface area contributed by atoms with Gasteiger partial charge in [-0.15, -0.1) is 0 Å². The Balaban J connectivity index is 1.80. The van der Waals surface area contributed by atoms with E-state index in [1.807, 2.05) is 26.0 Å². The van der Waals surface area contributed by atoms with Gasteiger partial charge in [-0.1, -0.05) is 23.8 Å². The summed E-state index contributed by atoms with van der Waals surface area (Å²) in [5, 5.41) is 30.5. The van der Waals surface area contributed by atoms with E-state index in [9.17, 15) is 20.1 Å². The Morgan fingerprint density at radius 1 is 1.17 bits per heavy atom. The van der Waals surface area contributed by atoms with E-state index in [1.165, 1.54) is 12.1 Å². The van der Waals surface area contributed by atoms with E-state index in [4.69, 9.17) is 4.74 Å². The van der Waals surface area contributed by atoms with Gasteiger partial charge in [0.15, 0.2) is 5.78 Å². The summed E-state index contributed by atoms with van der Waals surface area (Å²) in [6.07, 6.45) is 5.74. The van der Waals surface area contributed by atoms with E-state index < -0.39 is 11.7 Å². The standard InChI is InChI=1S/C25H28O5/c1-15(2)5-8-17-11-16(6-9-20(17)26)7-10-21(27)19-12-18-13-24(25(3,4)29)30-23(18)14-22(19)28/h5-7,9-12,14,24,26,28-29H,8,13H2,1-4H3/b10-7-/t24-/m0/s1. The number of allylic oxidation sites excluding steroid dienone is 3. The van der Waals surface area contributed by atoms with Crippen molar-refractivity contribution in [3.8, 4) is 17.2 Å². The minimum atomic E-state index is -1.03. The summed E-state index contributed by atoms with van der Waals surface area (Å²) in [6, 6.07) is 8.23. The predicted molar refractivity (Wildman–Crippen MR) is 117 cm³/mol. The number of fused-ring (bicyclic) bond motifs is 1. The topological polar surface area (TPSA) is 87.0 Å². The van der Waals surface area contributed by atoms with Crippen LogP contribution in [-0.2, 0) is 12.8 Å². The highest BCUT2D eigenvalue weighted by Gasteiger charge is 2.35. The number of hydrogen-bond acceptors (Lipinski definition) is 5. The molecular weight excluding hydrogens is 380 g/mol. The molecule has 0 spiro atoms. The van der Waals surface area contributed by atoms with Crippen LogP contribution in [0.4, 0.5) is 0 Å². The third kappa shape index (κ3) is 4.92. The molecule has 5 nitrogen and oxygen atoms in total. The lowest BCUT2D eigenvalue weighted by atomic mass is 9.96. The van der Waals surface area contributed by atoms with Crippen LogP contribution >= 0.6 is 0 Å². The molecule has 0 radical (unpaired) electrons. The first kappa shape index (κ1) is 21.7. The van der Waals surface area contributed by atoms with E-state index in [0.29, 0.717) is 18.6 Å². The highest BCUT2D eigenvalue weighted by molar-refractivity contribution is 6.08. The normalized spacial score (nSPS) is 15.7. The van der Waals surface area contributed by atoms with Gasteiger partial charge in [-0.05, 0) is 75.1 Å². The van der Waals surface area contributed by atoms with Gasteiger partial charge in [-0.2, -0.15) is 0 Å². The van der Waals surface area contributed by atoms with Gasteiger partial charge < -0.3 is 20.1 Å². The maximum absolute atomic E-state index is 12.7. The second kappa shape index (κ2) is 8.36. The van der Waals surface area contributed by atoms with Crippen LogP contribution < -0.4 is 4.74 Å². The fraction of sp³-hybridized carbons (Fsp3) is 0.320. The van der Waals surface area contributed by atoms with E-state index in [2.05, 4.69) is 0 Å². The van der Waals surface area contributed by atoms with Gasteiger partial charge in [0.1, 0.15) is 23.4 Å². The number of ketones is 1. The van der Waals surface area contributed by atoms with Crippen molar-refractivity contribution in [1.29, 1.82) is 0 Å². The van der Waals surface area contributed by atoms with Gasteiger partial charge in [0.25, 0.3) is 0 Å². The number of carbonyl (C=O) groups excluding carboxylic acids is 1. The van der Waals surface area contributed by atoms with Crippen LogP contribution in [0.25, 0.3) is 6.08 Å². The molecular formula is C25H28O5. The molecule has 3 rings (SSSR count). The van der Waals surface area contributed by atoms with Crippen molar-refractivity contribution in [3.05, 3.63) is 70.3 Å². The van der Waals surface area contributed by atoms with Crippen molar-refractivity contribution < 1.29 is 24.9 Å². The number of phenols is 2. The molecule has 2 aromatic rings. The molecule has 158 valence electrons. The first-order chi connectivity index (χ1) is 14.0. The maximum Gasteiger partial charge on any atom is 0.189 e. The summed E-state index contributed by atoms with van der Waals surface area (Å²) in [4.78, 5) is 12.7. The third-order valence-electron chi connectivity index (χ3n) is 5.17. The largest absolute Gasteiger partial charge is 0.508 e. The SMILES string of the molecule is CC(C)=CCc1cc(/C=C\C(=O)c2cc3c(cc2O)O[C@H](C(C)(C)O)C3)ccc1O. The fourth-order valence-corrected chi connectivity index (χ4v) is 3.32. The Bertz CT molecular complexity index is 1020.